The second kappa shape index (κ2) is 8.13. The van der Waals surface area contributed by atoms with Crippen LogP contribution in [0.3, 0.4) is 0 Å². The van der Waals surface area contributed by atoms with Gasteiger partial charge in [-0.25, -0.2) is 0 Å². The van der Waals surface area contributed by atoms with Crippen LogP contribution >= 0.6 is 11.8 Å². The zero-order valence-corrected chi connectivity index (χ0v) is 18.2. The lowest BCUT2D eigenvalue weighted by atomic mass is 9.95. The predicted molar refractivity (Wildman–Crippen MR) is 111 cm³/mol. The molecule has 0 aliphatic carbocycles. The summed E-state index contributed by atoms with van der Waals surface area (Å²) in [6.07, 6.45) is 1.12. The van der Waals surface area contributed by atoms with Gasteiger partial charge < -0.3 is 10.1 Å². The molecule has 0 saturated carbocycles. The molecule has 2 saturated heterocycles. The van der Waals surface area contributed by atoms with Gasteiger partial charge in [-0.1, -0.05) is 13.8 Å². The summed E-state index contributed by atoms with van der Waals surface area (Å²) in [6, 6.07) is 1.95. The van der Waals surface area contributed by atoms with Gasteiger partial charge in [0.25, 0.3) is 5.91 Å². The van der Waals surface area contributed by atoms with Crippen LogP contribution in [0.1, 0.15) is 63.1 Å². The number of amides is 1. The summed E-state index contributed by atoms with van der Waals surface area (Å²) in [7, 11) is 0. The van der Waals surface area contributed by atoms with Crippen molar-refractivity contribution in [2.45, 2.75) is 58.0 Å². The molecule has 2 fully saturated rings. The first kappa shape index (κ1) is 20.7. The van der Waals surface area contributed by atoms with Crippen LogP contribution in [0.2, 0.25) is 0 Å². The van der Waals surface area contributed by atoms with Crippen LogP contribution in [0.15, 0.2) is 6.07 Å². The van der Waals surface area contributed by atoms with Crippen LogP contribution in [-0.2, 0) is 10.3 Å². The Morgan fingerprint density at radius 3 is 2.59 bits per heavy atom. The number of rotatable bonds is 5. The number of carbonyl (C=O) groups excluding carboxylic acids is 1. The first-order valence-corrected chi connectivity index (χ1v) is 11.2. The number of morpholine rings is 1. The Balaban J connectivity index is 1.73. The van der Waals surface area contributed by atoms with E-state index in [1.54, 1.807) is 0 Å². The lowest BCUT2D eigenvalue weighted by Crippen LogP contribution is -2.59. The van der Waals surface area contributed by atoms with Gasteiger partial charge in [0.1, 0.15) is 5.69 Å². The number of hydrogen-bond donors (Lipinski definition) is 1. The highest BCUT2D eigenvalue weighted by atomic mass is 32.2. The summed E-state index contributed by atoms with van der Waals surface area (Å²) in [6.45, 7) is 14.8. The normalized spacial score (nSPS) is 24.5. The number of nitrogens with one attached hydrogen (secondary N) is 1. The van der Waals surface area contributed by atoms with E-state index < -0.39 is 0 Å². The molecule has 1 amide bonds. The van der Waals surface area contributed by atoms with E-state index in [0.717, 1.165) is 49.9 Å². The van der Waals surface area contributed by atoms with E-state index in [9.17, 15) is 4.79 Å². The molecule has 1 aromatic heterocycles. The Kier molecular flexibility index (Phi) is 6.23. The Labute approximate surface area is 167 Å². The van der Waals surface area contributed by atoms with Crippen molar-refractivity contribution in [2.24, 2.45) is 0 Å². The maximum atomic E-state index is 12.9. The van der Waals surface area contributed by atoms with Gasteiger partial charge in [-0.15, -0.1) is 0 Å². The highest BCUT2D eigenvalue weighted by Crippen LogP contribution is 2.33. The van der Waals surface area contributed by atoms with Crippen LogP contribution in [0.4, 0.5) is 0 Å². The van der Waals surface area contributed by atoms with Gasteiger partial charge in [0.05, 0.1) is 18.8 Å². The topological polar surface area (TPSA) is 59.4 Å². The number of thioether (sulfide) groups is 1. The summed E-state index contributed by atoms with van der Waals surface area (Å²) in [4.78, 5) is 15.4. The Bertz CT molecular complexity index is 653. The van der Waals surface area contributed by atoms with E-state index in [0.29, 0.717) is 18.2 Å². The molecule has 0 aromatic carbocycles. The monoisotopic (exact) mass is 394 g/mol. The molecule has 0 bridgehead atoms. The molecule has 1 unspecified atom stereocenters. The average molecular weight is 395 g/mol. The maximum Gasteiger partial charge on any atom is 0.271 e. The fraction of sp³-hybridized carbons (Fsp3) is 0.800. The molecule has 27 heavy (non-hydrogen) atoms. The predicted octanol–water partition coefficient (Wildman–Crippen LogP) is 2.70. The molecule has 3 heterocycles. The zero-order chi connectivity index (χ0) is 19.7. The van der Waals surface area contributed by atoms with Crippen molar-refractivity contribution in [1.29, 1.82) is 0 Å². The quantitative estimate of drug-likeness (QED) is 0.832. The van der Waals surface area contributed by atoms with Gasteiger partial charge in [-0.3, -0.25) is 14.4 Å². The summed E-state index contributed by atoms with van der Waals surface area (Å²) in [5.74, 6) is 2.48. The van der Waals surface area contributed by atoms with Crippen molar-refractivity contribution in [3.8, 4) is 0 Å². The molecule has 1 N–H and O–H groups in total. The molecule has 152 valence electrons. The van der Waals surface area contributed by atoms with Gasteiger partial charge in [0, 0.05) is 36.6 Å². The third kappa shape index (κ3) is 4.51. The molecule has 3 rings (SSSR count). The molecule has 0 radical (unpaired) electrons. The zero-order valence-electron chi connectivity index (χ0n) is 17.4. The van der Waals surface area contributed by atoms with Gasteiger partial charge in [-0.2, -0.15) is 16.9 Å². The van der Waals surface area contributed by atoms with Crippen LogP contribution in [0.25, 0.3) is 0 Å². The van der Waals surface area contributed by atoms with Crippen LogP contribution < -0.4 is 5.32 Å². The summed E-state index contributed by atoms with van der Waals surface area (Å²) >= 11 is 1.98. The van der Waals surface area contributed by atoms with E-state index >= 15 is 0 Å². The van der Waals surface area contributed by atoms with E-state index in [4.69, 9.17) is 4.74 Å². The second-order valence-corrected chi connectivity index (χ2v) is 10.1. The molecular weight excluding hydrogens is 360 g/mol. The third-order valence-corrected chi connectivity index (χ3v) is 6.77. The number of carbonyl (C=O) groups is 1. The minimum absolute atomic E-state index is 0.0532. The largest absolute Gasteiger partial charge is 0.379 e. The van der Waals surface area contributed by atoms with Crippen molar-refractivity contribution in [2.75, 3.05) is 44.4 Å². The van der Waals surface area contributed by atoms with Crippen molar-refractivity contribution < 1.29 is 9.53 Å². The van der Waals surface area contributed by atoms with Crippen molar-refractivity contribution in [1.82, 2.24) is 20.0 Å². The van der Waals surface area contributed by atoms with Gasteiger partial charge >= 0.3 is 0 Å². The molecule has 6 nitrogen and oxygen atoms in total. The van der Waals surface area contributed by atoms with Gasteiger partial charge in [0.2, 0.25) is 0 Å². The first-order chi connectivity index (χ1) is 12.7. The van der Waals surface area contributed by atoms with Crippen molar-refractivity contribution in [3.63, 3.8) is 0 Å². The fourth-order valence-corrected chi connectivity index (χ4v) is 5.40. The Hall–Kier alpha value is -1.05. The first-order valence-electron chi connectivity index (χ1n) is 10.0. The minimum atomic E-state index is -0.144. The highest BCUT2D eigenvalue weighted by Gasteiger charge is 2.41. The van der Waals surface area contributed by atoms with E-state index in [1.165, 1.54) is 0 Å². The van der Waals surface area contributed by atoms with E-state index in [-0.39, 0.29) is 17.0 Å². The molecule has 7 heteroatoms. The second-order valence-electron chi connectivity index (χ2n) is 9.00. The van der Waals surface area contributed by atoms with Crippen LogP contribution in [0.5, 0.6) is 0 Å². The third-order valence-electron chi connectivity index (χ3n) is 5.54. The standard InChI is InChI=1S/C20H34N4O2S/c1-15(2)17-12-16(22-24(17)19(3,4)5)18(25)21-13-20(6-11-27-14-20)23-7-9-26-10-8-23/h12,15H,6-11,13-14H2,1-5H3,(H,21,25). The van der Waals surface area contributed by atoms with Gasteiger partial charge in [0.15, 0.2) is 0 Å². The number of aromatic nitrogens is 2. The SMILES string of the molecule is CC(C)c1cc(C(=O)NCC2(N3CCOCC3)CCSC2)nn1C(C)(C)C. The molecule has 0 spiro atoms. The smallest absolute Gasteiger partial charge is 0.271 e. The Morgan fingerprint density at radius 1 is 1.37 bits per heavy atom. The lowest BCUT2D eigenvalue weighted by molar-refractivity contribution is -0.0129. The van der Waals surface area contributed by atoms with Gasteiger partial charge in [-0.05, 0) is 44.9 Å². The molecule has 1 aromatic rings. The minimum Gasteiger partial charge on any atom is -0.379 e. The molecule has 2 aliphatic heterocycles. The molecule has 1 atom stereocenters. The average Bonchev–Trinajstić information content (AvgIpc) is 3.28. The fourth-order valence-electron chi connectivity index (χ4n) is 3.93. The highest BCUT2D eigenvalue weighted by molar-refractivity contribution is 7.99. The Morgan fingerprint density at radius 2 is 2.07 bits per heavy atom. The van der Waals surface area contributed by atoms with Crippen LogP contribution in [-0.4, -0.2) is 70.5 Å². The van der Waals surface area contributed by atoms with Crippen molar-refractivity contribution >= 4 is 17.7 Å². The maximum absolute atomic E-state index is 12.9. The van der Waals surface area contributed by atoms with Crippen LogP contribution in [0, 0.1) is 0 Å². The summed E-state index contributed by atoms with van der Waals surface area (Å²) in [5.41, 5.74) is 1.54. The van der Waals surface area contributed by atoms with Crippen molar-refractivity contribution in [3.05, 3.63) is 17.5 Å². The van der Waals surface area contributed by atoms with E-state index in [2.05, 4.69) is 49.9 Å². The lowest BCUT2D eigenvalue weighted by Gasteiger charge is -2.43. The summed E-state index contributed by atoms with van der Waals surface area (Å²) < 4.78 is 7.52. The number of hydrogen-bond acceptors (Lipinski definition) is 5. The number of nitrogens with zero attached hydrogens (tertiary/aromatic N) is 3. The number of ether oxygens (including phenoxy) is 1. The van der Waals surface area contributed by atoms with E-state index in [1.807, 2.05) is 22.5 Å². The molecular formula is C20H34N4O2S. The molecule has 2 aliphatic rings. The summed E-state index contributed by atoms with van der Waals surface area (Å²) in [5, 5.41) is 7.85.